The third-order valence-corrected chi connectivity index (χ3v) is 4.48. The van der Waals surface area contributed by atoms with Crippen LogP contribution in [0.3, 0.4) is 0 Å². The predicted octanol–water partition coefficient (Wildman–Crippen LogP) is 1.21. The van der Waals surface area contributed by atoms with Crippen molar-refractivity contribution in [2.75, 3.05) is 19.8 Å². The lowest BCUT2D eigenvalue weighted by atomic mass is 9.86. The van der Waals surface area contributed by atoms with Crippen LogP contribution >= 0.6 is 0 Å². The van der Waals surface area contributed by atoms with E-state index in [-0.39, 0.29) is 18.4 Å². The first-order valence-corrected chi connectivity index (χ1v) is 8.07. The Labute approximate surface area is 134 Å². The zero-order chi connectivity index (χ0) is 16.2. The Kier molecular flexibility index (Phi) is 4.85. The molecule has 1 aromatic rings. The summed E-state index contributed by atoms with van der Waals surface area (Å²) in [5.41, 5.74) is 0.304. The third kappa shape index (κ3) is 4.04. The number of rotatable bonds is 6. The summed E-state index contributed by atoms with van der Waals surface area (Å²) in [4.78, 5) is 32.2. The number of amides is 1. The van der Waals surface area contributed by atoms with Gasteiger partial charge in [0.1, 0.15) is 11.5 Å². The average Bonchev–Trinajstić information content (AvgIpc) is 3.41. The minimum atomic E-state index is -0.876. The van der Waals surface area contributed by atoms with Crippen LogP contribution in [0, 0.1) is 11.8 Å². The molecule has 2 N–H and O–H groups in total. The van der Waals surface area contributed by atoms with Gasteiger partial charge in [0.05, 0.1) is 5.92 Å². The summed E-state index contributed by atoms with van der Waals surface area (Å²) >= 11 is 0. The lowest BCUT2D eigenvalue weighted by Gasteiger charge is -2.27. The number of aromatic nitrogens is 2. The molecule has 0 aromatic carbocycles. The Bertz CT molecular complexity index is 582. The van der Waals surface area contributed by atoms with E-state index in [1.165, 1.54) is 0 Å². The minimum absolute atomic E-state index is 0.0361. The Morgan fingerprint density at radius 2 is 2.04 bits per heavy atom. The molecule has 1 aliphatic carbocycles. The average molecular weight is 319 g/mol. The zero-order valence-electron chi connectivity index (χ0n) is 12.9. The van der Waals surface area contributed by atoms with Gasteiger partial charge in [0.25, 0.3) is 5.91 Å². The second-order valence-electron chi connectivity index (χ2n) is 6.18. The van der Waals surface area contributed by atoms with Crippen LogP contribution in [0.25, 0.3) is 0 Å². The molecule has 1 unspecified atom stereocenters. The van der Waals surface area contributed by atoms with Crippen LogP contribution < -0.4 is 5.32 Å². The summed E-state index contributed by atoms with van der Waals surface area (Å²) in [7, 11) is 0. The monoisotopic (exact) mass is 319 g/mol. The third-order valence-electron chi connectivity index (χ3n) is 4.48. The summed E-state index contributed by atoms with van der Waals surface area (Å²) in [5.74, 6) is -0.693. The molecule has 124 valence electrons. The van der Waals surface area contributed by atoms with E-state index in [9.17, 15) is 14.7 Å². The Morgan fingerprint density at radius 3 is 2.70 bits per heavy atom. The molecule has 0 bridgehead atoms. The summed E-state index contributed by atoms with van der Waals surface area (Å²) in [6.45, 7) is 1.28. The van der Waals surface area contributed by atoms with Gasteiger partial charge in [-0.25, -0.2) is 9.97 Å². The number of carboxylic acid groups (broad SMARTS) is 1. The molecule has 3 rings (SSSR count). The second kappa shape index (κ2) is 7.04. The van der Waals surface area contributed by atoms with Gasteiger partial charge >= 0.3 is 5.97 Å². The molecule has 2 aliphatic rings. The van der Waals surface area contributed by atoms with Crippen LogP contribution in [0.2, 0.25) is 0 Å². The Hall–Kier alpha value is -2.02. The van der Waals surface area contributed by atoms with E-state index in [1.54, 1.807) is 12.3 Å². The first-order valence-electron chi connectivity index (χ1n) is 8.07. The van der Waals surface area contributed by atoms with Crippen LogP contribution in [0.15, 0.2) is 12.3 Å². The van der Waals surface area contributed by atoms with E-state index < -0.39 is 11.9 Å². The standard InChI is InChI=1S/C16H21N3O4/c20-15(13-3-6-17-14(19-13)11-1-2-11)18-9-12(16(21)22)10-4-7-23-8-5-10/h3,6,10-12H,1-2,4-5,7-9H2,(H,18,20)(H,21,22). The maximum absolute atomic E-state index is 12.2. The van der Waals surface area contributed by atoms with E-state index in [0.717, 1.165) is 12.8 Å². The van der Waals surface area contributed by atoms with Crippen molar-refractivity contribution in [2.24, 2.45) is 11.8 Å². The molecule has 2 fully saturated rings. The van der Waals surface area contributed by atoms with Crippen LogP contribution in [-0.2, 0) is 9.53 Å². The van der Waals surface area contributed by atoms with Crippen molar-refractivity contribution in [1.29, 1.82) is 0 Å². The van der Waals surface area contributed by atoms with Gasteiger partial charge in [0, 0.05) is 31.9 Å². The molecule has 1 aliphatic heterocycles. The number of carbonyl (C=O) groups is 2. The summed E-state index contributed by atoms with van der Waals surface area (Å²) < 4.78 is 5.27. The van der Waals surface area contributed by atoms with E-state index in [2.05, 4.69) is 15.3 Å². The summed E-state index contributed by atoms with van der Waals surface area (Å²) in [6, 6.07) is 1.56. The van der Waals surface area contributed by atoms with Crippen LogP contribution in [-0.4, -0.2) is 46.7 Å². The summed E-state index contributed by atoms with van der Waals surface area (Å²) in [5, 5.41) is 12.1. The van der Waals surface area contributed by atoms with E-state index >= 15 is 0 Å². The van der Waals surface area contributed by atoms with E-state index in [0.29, 0.717) is 43.5 Å². The maximum atomic E-state index is 12.2. The molecule has 1 saturated heterocycles. The Balaban J connectivity index is 1.59. The first kappa shape index (κ1) is 15.9. The van der Waals surface area contributed by atoms with Crippen LogP contribution in [0.1, 0.15) is 47.9 Å². The molecule has 1 saturated carbocycles. The normalized spacial score (nSPS) is 20.0. The zero-order valence-corrected chi connectivity index (χ0v) is 12.9. The van der Waals surface area contributed by atoms with Crippen molar-refractivity contribution in [2.45, 2.75) is 31.6 Å². The fourth-order valence-electron chi connectivity index (χ4n) is 2.91. The first-order chi connectivity index (χ1) is 11.1. The lowest BCUT2D eigenvalue weighted by molar-refractivity contribution is -0.144. The van der Waals surface area contributed by atoms with Gasteiger partial charge in [0.2, 0.25) is 0 Å². The van der Waals surface area contributed by atoms with Gasteiger partial charge in [-0.2, -0.15) is 0 Å². The number of carbonyl (C=O) groups excluding carboxylic acids is 1. The van der Waals surface area contributed by atoms with Gasteiger partial charge in [0.15, 0.2) is 0 Å². The van der Waals surface area contributed by atoms with Crippen molar-refractivity contribution in [1.82, 2.24) is 15.3 Å². The number of ether oxygens (including phenoxy) is 1. The molecule has 0 spiro atoms. The Morgan fingerprint density at radius 1 is 1.30 bits per heavy atom. The van der Waals surface area contributed by atoms with Crippen molar-refractivity contribution in [3.05, 3.63) is 23.8 Å². The molecule has 7 heteroatoms. The van der Waals surface area contributed by atoms with Crippen LogP contribution in [0.4, 0.5) is 0 Å². The molecule has 7 nitrogen and oxygen atoms in total. The van der Waals surface area contributed by atoms with Gasteiger partial charge in [-0.1, -0.05) is 0 Å². The van der Waals surface area contributed by atoms with Crippen molar-refractivity contribution < 1.29 is 19.4 Å². The topological polar surface area (TPSA) is 101 Å². The largest absolute Gasteiger partial charge is 0.481 e. The molecule has 2 heterocycles. The summed E-state index contributed by atoms with van der Waals surface area (Å²) in [6.07, 6.45) is 5.15. The fourth-order valence-corrected chi connectivity index (χ4v) is 2.91. The van der Waals surface area contributed by atoms with Gasteiger partial charge in [-0.05, 0) is 37.7 Å². The highest BCUT2D eigenvalue weighted by atomic mass is 16.5. The molecule has 1 amide bonds. The smallest absolute Gasteiger partial charge is 0.308 e. The second-order valence-corrected chi connectivity index (χ2v) is 6.18. The van der Waals surface area contributed by atoms with E-state index in [4.69, 9.17) is 4.74 Å². The van der Waals surface area contributed by atoms with Crippen molar-refractivity contribution >= 4 is 11.9 Å². The minimum Gasteiger partial charge on any atom is -0.481 e. The highest BCUT2D eigenvalue weighted by molar-refractivity contribution is 5.92. The lowest BCUT2D eigenvalue weighted by Crippen LogP contribution is -2.39. The van der Waals surface area contributed by atoms with E-state index in [1.807, 2.05) is 0 Å². The SMILES string of the molecule is O=C(NCC(C(=O)O)C1CCOCC1)c1ccnc(C2CC2)n1. The number of carboxylic acids is 1. The molecule has 1 aromatic heterocycles. The number of hydrogen-bond donors (Lipinski definition) is 2. The molecule has 23 heavy (non-hydrogen) atoms. The fraction of sp³-hybridized carbons (Fsp3) is 0.625. The number of nitrogens with zero attached hydrogens (tertiary/aromatic N) is 2. The number of hydrogen-bond acceptors (Lipinski definition) is 5. The predicted molar refractivity (Wildman–Crippen MR) is 81.0 cm³/mol. The van der Waals surface area contributed by atoms with Crippen molar-refractivity contribution in [3.8, 4) is 0 Å². The number of aliphatic carboxylic acids is 1. The van der Waals surface area contributed by atoms with Gasteiger partial charge < -0.3 is 15.2 Å². The highest BCUT2D eigenvalue weighted by Crippen LogP contribution is 2.37. The molecular weight excluding hydrogens is 298 g/mol. The van der Waals surface area contributed by atoms with Crippen LogP contribution in [0.5, 0.6) is 0 Å². The maximum Gasteiger partial charge on any atom is 0.308 e. The number of nitrogens with one attached hydrogen (secondary N) is 1. The highest BCUT2D eigenvalue weighted by Gasteiger charge is 2.31. The van der Waals surface area contributed by atoms with Gasteiger partial charge in [-0.3, -0.25) is 9.59 Å². The molecule has 0 radical (unpaired) electrons. The molecule has 1 atom stereocenters. The molecular formula is C16H21N3O4. The van der Waals surface area contributed by atoms with Gasteiger partial charge in [-0.15, -0.1) is 0 Å². The van der Waals surface area contributed by atoms with Crippen molar-refractivity contribution in [3.63, 3.8) is 0 Å². The quantitative estimate of drug-likeness (QED) is 0.817.